The molecule has 0 aromatic heterocycles. The molecule has 0 saturated heterocycles. The zero-order valence-corrected chi connectivity index (χ0v) is 15.1. The van der Waals surface area contributed by atoms with Crippen LogP contribution in [-0.2, 0) is 5.60 Å². The quantitative estimate of drug-likeness (QED) is 0.505. The van der Waals surface area contributed by atoms with Crippen molar-refractivity contribution in [2.75, 3.05) is 33.2 Å². The van der Waals surface area contributed by atoms with Gasteiger partial charge in [-0.25, -0.2) is 4.99 Å². The molecule has 1 rings (SSSR count). The van der Waals surface area contributed by atoms with Gasteiger partial charge in [0.1, 0.15) is 5.60 Å². The number of aliphatic hydroxyl groups is 1. The van der Waals surface area contributed by atoms with Crippen molar-refractivity contribution in [1.29, 1.82) is 0 Å². The molecule has 0 radical (unpaired) electrons. The number of guanidine groups is 1. The van der Waals surface area contributed by atoms with E-state index in [1.165, 1.54) is 0 Å². The van der Waals surface area contributed by atoms with E-state index in [1.807, 2.05) is 37.3 Å². The summed E-state index contributed by atoms with van der Waals surface area (Å²) in [5, 5.41) is 17.2. The lowest BCUT2D eigenvalue weighted by Crippen LogP contribution is -2.42. The van der Waals surface area contributed by atoms with Gasteiger partial charge in [0.15, 0.2) is 5.96 Å². The maximum Gasteiger partial charge on any atom is 0.191 e. The fourth-order valence-corrected chi connectivity index (χ4v) is 2.07. The van der Waals surface area contributed by atoms with Crippen molar-refractivity contribution >= 4 is 5.96 Å². The molecule has 130 valence electrons. The second-order valence-corrected chi connectivity index (χ2v) is 6.34. The predicted octanol–water partition coefficient (Wildman–Crippen LogP) is 1.79. The number of aliphatic imine (C=N–C) groups is 1. The van der Waals surface area contributed by atoms with Crippen LogP contribution in [-0.4, -0.2) is 55.2 Å². The lowest BCUT2D eigenvalue weighted by molar-refractivity contribution is 0.0672. The smallest absolute Gasteiger partial charge is 0.191 e. The van der Waals surface area contributed by atoms with E-state index in [-0.39, 0.29) is 0 Å². The number of rotatable bonds is 8. The van der Waals surface area contributed by atoms with E-state index in [9.17, 15) is 5.11 Å². The third-order valence-electron chi connectivity index (χ3n) is 3.92. The van der Waals surface area contributed by atoms with Crippen LogP contribution in [0.3, 0.4) is 0 Å². The summed E-state index contributed by atoms with van der Waals surface area (Å²) < 4.78 is 0. The highest BCUT2D eigenvalue weighted by Gasteiger charge is 2.22. The standard InChI is InChI=1S/C18H32N4O/c1-6-19-17(20-12-13-22(5)15(2)3)21-14-18(4,23)16-10-8-7-9-11-16/h7-11,15,23H,6,12-14H2,1-5H3,(H2,19,20,21). The summed E-state index contributed by atoms with van der Waals surface area (Å²) >= 11 is 0. The normalized spacial score (nSPS) is 14.9. The van der Waals surface area contributed by atoms with Crippen LogP contribution < -0.4 is 10.6 Å². The highest BCUT2D eigenvalue weighted by Crippen LogP contribution is 2.20. The Morgan fingerprint density at radius 3 is 2.48 bits per heavy atom. The fourth-order valence-electron chi connectivity index (χ4n) is 2.07. The van der Waals surface area contributed by atoms with E-state index in [0.717, 1.165) is 31.2 Å². The van der Waals surface area contributed by atoms with Gasteiger partial charge in [0.05, 0.1) is 6.54 Å². The average Bonchev–Trinajstić information content (AvgIpc) is 2.53. The third kappa shape index (κ3) is 7.01. The van der Waals surface area contributed by atoms with Gasteiger partial charge in [0.2, 0.25) is 0 Å². The molecule has 0 aliphatic rings. The number of nitrogens with zero attached hydrogens (tertiary/aromatic N) is 2. The molecule has 5 nitrogen and oxygen atoms in total. The van der Waals surface area contributed by atoms with Crippen molar-refractivity contribution in [2.45, 2.75) is 39.3 Å². The zero-order chi connectivity index (χ0) is 17.3. The molecular formula is C18H32N4O. The Kier molecular flexibility index (Phi) is 8.06. The topological polar surface area (TPSA) is 59.9 Å². The molecule has 0 bridgehead atoms. The first-order valence-corrected chi connectivity index (χ1v) is 8.37. The molecule has 0 amide bonds. The van der Waals surface area contributed by atoms with Crippen molar-refractivity contribution < 1.29 is 5.11 Å². The molecule has 0 fully saturated rings. The van der Waals surface area contributed by atoms with Crippen molar-refractivity contribution in [3.8, 4) is 0 Å². The largest absolute Gasteiger partial charge is 0.384 e. The van der Waals surface area contributed by atoms with Gasteiger partial charge in [-0.3, -0.25) is 0 Å². The van der Waals surface area contributed by atoms with E-state index in [4.69, 9.17) is 0 Å². The van der Waals surface area contributed by atoms with Crippen LogP contribution in [0.4, 0.5) is 0 Å². The van der Waals surface area contributed by atoms with E-state index in [1.54, 1.807) is 6.92 Å². The average molecular weight is 320 g/mol. The maximum atomic E-state index is 10.6. The molecule has 0 saturated carbocycles. The molecule has 1 atom stereocenters. The van der Waals surface area contributed by atoms with Gasteiger partial charge in [-0.1, -0.05) is 30.3 Å². The minimum atomic E-state index is -0.974. The summed E-state index contributed by atoms with van der Waals surface area (Å²) in [6.45, 7) is 11.0. The molecule has 5 heteroatoms. The van der Waals surface area contributed by atoms with Crippen LogP contribution in [0, 0.1) is 0 Å². The van der Waals surface area contributed by atoms with Gasteiger partial charge in [0.25, 0.3) is 0 Å². The van der Waals surface area contributed by atoms with Crippen LogP contribution in [0.25, 0.3) is 0 Å². The Morgan fingerprint density at radius 1 is 1.26 bits per heavy atom. The van der Waals surface area contributed by atoms with Crippen LogP contribution in [0.15, 0.2) is 35.3 Å². The third-order valence-corrected chi connectivity index (χ3v) is 3.92. The van der Waals surface area contributed by atoms with Gasteiger partial charge in [-0.2, -0.15) is 0 Å². The van der Waals surface area contributed by atoms with E-state index >= 15 is 0 Å². The van der Waals surface area contributed by atoms with Gasteiger partial charge in [0, 0.05) is 25.7 Å². The molecular weight excluding hydrogens is 288 g/mol. The van der Waals surface area contributed by atoms with Crippen LogP contribution in [0.5, 0.6) is 0 Å². The minimum absolute atomic E-state index is 0.312. The lowest BCUT2D eigenvalue weighted by atomic mass is 9.96. The number of hydrogen-bond donors (Lipinski definition) is 3. The molecule has 1 unspecified atom stereocenters. The van der Waals surface area contributed by atoms with E-state index < -0.39 is 5.60 Å². The molecule has 3 N–H and O–H groups in total. The molecule has 0 heterocycles. The number of nitrogens with one attached hydrogen (secondary N) is 2. The Balaban J connectivity index is 2.60. The Bertz CT molecular complexity index is 471. The second kappa shape index (κ2) is 9.53. The van der Waals surface area contributed by atoms with Crippen molar-refractivity contribution in [3.05, 3.63) is 35.9 Å². The number of hydrogen-bond acceptors (Lipinski definition) is 3. The van der Waals surface area contributed by atoms with Gasteiger partial charge < -0.3 is 20.6 Å². The van der Waals surface area contributed by atoms with Crippen molar-refractivity contribution in [2.24, 2.45) is 4.99 Å². The zero-order valence-electron chi connectivity index (χ0n) is 15.1. The van der Waals surface area contributed by atoms with Crippen molar-refractivity contribution in [1.82, 2.24) is 15.5 Å². The SMILES string of the molecule is CCNC(=NCC(C)(O)c1ccccc1)NCCN(C)C(C)C. The molecule has 0 aliphatic heterocycles. The Labute approximate surface area is 140 Å². The van der Waals surface area contributed by atoms with Gasteiger partial charge >= 0.3 is 0 Å². The number of benzene rings is 1. The molecule has 0 spiro atoms. The van der Waals surface area contributed by atoms with Crippen LogP contribution >= 0.6 is 0 Å². The summed E-state index contributed by atoms with van der Waals surface area (Å²) in [6.07, 6.45) is 0. The van der Waals surface area contributed by atoms with Gasteiger partial charge in [-0.05, 0) is 40.3 Å². The fraction of sp³-hybridized carbons (Fsp3) is 0.611. The van der Waals surface area contributed by atoms with Crippen LogP contribution in [0.1, 0.15) is 33.3 Å². The Morgan fingerprint density at radius 2 is 1.91 bits per heavy atom. The maximum absolute atomic E-state index is 10.6. The summed E-state index contributed by atoms with van der Waals surface area (Å²) in [5.74, 6) is 0.737. The Hall–Kier alpha value is -1.59. The first-order chi connectivity index (χ1) is 10.9. The van der Waals surface area contributed by atoms with Crippen LogP contribution in [0.2, 0.25) is 0 Å². The highest BCUT2D eigenvalue weighted by atomic mass is 16.3. The molecule has 1 aromatic rings. The predicted molar refractivity (Wildman–Crippen MR) is 97.8 cm³/mol. The monoisotopic (exact) mass is 320 g/mol. The first-order valence-electron chi connectivity index (χ1n) is 8.37. The first kappa shape index (κ1) is 19.5. The summed E-state index contributed by atoms with van der Waals surface area (Å²) in [6, 6.07) is 10.2. The number of likely N-dealkylation sites (N-methyl/N-ethyl adjacent to an activating group) is 1. The summed E-state index contributed by atoms with van der Waals surface area (Å²) in [5.41, 5.74) is -0.0997. The minimum Gasteiger partial charge on any atom is -0.384 e. The highest BCUT2D eigenvalue weighted by molar-refractivity contribution is 5.79. The second-order valence-electron chi connectivity index (χ2n) is 6.34. The molecule has 23 heavy (non-hydrogen) atoms. The van der Waals surface area contributed by atoms with E-state index in [0.29, 0.717) is 12.6 Å². The van der Waals surface area contributed by atoms with Gasteiger partial charge in [-0.15, -0.1) is 0 Å². The molecule has 0 aliphatic carbocycles. The van der Waals surface area contributed by atoms with E-state index in [2.05, 4.69) is 41.4 Å². The molecule has 1 aromatic carbocycles. The summed E-state index contributed by atoms with van der Waals surface area (Å²) in [7, 11) is 2.11. The summed E-state index contributed by atoms with van der Waals surface area (Å²) in [4.78, 5) is 6.80. The lowest BCUT2D eigenvalue weighted by Gasteiger charge is -2.23. The van der Waals surface area contributed by atoms with Crippen molar-refractivity contribution in [3.63, 3.8) is 0 Å².